The Bertz CT molecular complexity index is 470. The topological polar surface area (TPSA) is 67.4 Å². The van der Waals surface area contributed by atoms with Crippen LogP contribution in [0.1, 0.15) is 36.0 Å². The predicted octanol–water partition coefficient (Wildman–Crippen LogP) is 2.17. The first-order valence-corrected chi connectivity index (χ1v) is 7.43. The molecule has 1 fully saturated rings. The molecule has 2 amide bonds. The second-order valence-electron chi connectivity index (χ2n) is 4.74. The van der Waals surface area contributed by atoms with Crippen LogP contribution in [0.3, 0.4) is 0 Å². The summed E-state index contributed by atoms with van der Waals surface area (Å²) in [4.78, 5) is 28.6. The molecule has 1 aromatic rings. The molecule has 0 heterocycles. The van der Waals surface area contributed by atoms with E-state index in [1.54, 1.807) is 24.3 Å². The largest absolute Gasteiger partial charge is 0.343 e. The van der Waals surface area contributed by atoms with E-state index in [9.17, 15) is 9.59 Å². The Morgan fingerprint density at radius 2 is 1.85 bits per heavy atom. The van der Waals surface area contributed by atoms with E-state index >= 15 is 0 Å². The first-order valence-electron chi connectivity index (χ1n) is 6.63. The second kappa shape index (κ2) is 7.40. The molecule has 0 spiro atoms. The Kier molecular flexibility index (Phi) is 5.55. The van der Waals surface area contributed by atoms with Gasteiger partial charge in [0.05, 0.1) is 12.6 Å². The Hall–Kier alpha value is -1.40. The maximum atomic E-state index is 11.8. The Morgan fingerprint density at radius 3 is 2.50 bits per heavy atom. The lowest BCUT2D eigenvalue weighted by Gasteiger charge is -2.11. The van der Waals surface area contributed by atoms with Gasteiger partial charge < -0.3 is 5.32 Å². The van der Waals surface area contributed by atoms with Gasteiger partial charge in [0.15, 0.2) is 0 Å². The van der Waals surface area contributed by atoms with Crippen molar-refractivity contribution < 1.29 is 14.4 Å². The third kappa shape index (κ3) is 4.61. The Labute approximate surface area is 126 Å². The van der Waals surface area contributed by atoms with E-state index in [1.807, 2.05) is 0 Å². The highest BCUT2D eigenvalue weighted by molar-refractivity contribution is 9.10. The minimum Gasteiger partial charge on any atom is -0.343 e. The number of rotatable bonds is 5. The maximum absolute atomic E-state index is 11.8. The molecule has 0 atom stereocenters. The summed E-state index contributed by atoms with van der Waals surface area (Å²) < 4.78 is 0.900. The summed E-state index contributed by atoms with van der Waals surface area (Å²) in [6.45, 7) is -0.0956. The zero-order valence-electron chi connectivity index (χ0n) is 11.0. The normalized spacial score (nSPS) is 15.1. The minimum atomic E-state index is -0.345. The minimum absolute atomic E-state index is 0.0956. The van der Waals surface area contributed by atoms with Gasteiger partial charge >= 0.3 is 0 Å². The third-order valence-corrected chi connectivity index (χ3v) is 3.69. The van der Waals surface area contributed by atoms with E-state index in [4.69, 9.17) is 4.84 Å². The fraction of sp³-hybridized carbons (Fsp3) is 0.429. The summed E-state index contributed by atoms with van der Waals surface area (Å²) in [5.41, 5.74) is 2.89. The quantitative estimate of drug-likeness (QED) is 0.807. The summed E-state index contributed by atoms with van der Waals surface area (Å²) in [6, 6.07) is 6.93. The van der Waals surface area contributed by atoms with E-state index in [0.29, 0.717) is 5.56 Å². The van der Waals surface area contributed by atoms with Crippen molar-refractivity contribution in [3.05, 3.63) is 34.3 Å². The van der Waals surface area contributed by atoms with Crippen LogP contribution in [0.4, 0.5) is 0 Å². The molecule has 5 nitrogen and oxygen atoms in total. The number of benzene rings is 1. The van der Waals surface area contributed by atoms with Gasteiger partial charge in [0.25, 0.3) is 11.8 Å². The van der Waals surface area contributed by atoms with Gasteiger partial charge in [0.2, 0.25) is 0 Å². The van der Waals surface area contributed by atoms with Crippen molar-refractivity contribution in [1.29, 1.82) is 0 Å². The average Bonchev–Trinajstić information content (AvgIpc) is 2.96. The van der Waals surface area contributed by atoms with Crippen LogP contribution in [0.2, 0.25) is 0 Å². The zero-order chi connectivity index (χ0) is 14.4. The number of amides is 2. The van der Waals surface area contributed by atoms with Crippen molar-refractivity contribution in [3.8, 4) is 0 Å². The van der Waals surface area contributed by atoms with E-state index in [0.717, 1.165) is 30.2 Å². The SMILES string of the molecule is O=C(CNC(=O)c1ccc(Br)cc1)NOC1CCCC1. The fourth-order valence-electron chi connectivity index (χ4n) is 2.06. The van der Waals surface area contributed by atoms with Crippen molar-refractivity contribution in [2.24, 2.45) is 0 Å². The molecule has 0 saturated heterocycles. The number of carbonyl (C=O) groups is 2. The molecule has 2 N–H and O–H groups in total. The van der Waals surface area contributed by atoms with Crippen LogP contribution in [0.15, 0.2) is 28.7 Å². The maximum Gasteiger partial charge on any atom is 0.262 e. The predicted molar refractivity (Wildman–Crippen MR) is 78.0 cm³/mol. The van der Waals surface area contributed by atoms with Gasteiger partial charge in [-0.15, -0.1) is 0 Å². The number of hydrogen-bond donors (Lipinski definition) is 2. The molecular weight excluding hydrogens is 324 g/mol. The molecule has 1 aliphatic carbocycles. The number of carbonyl (C=O) groups excluding carboxylic acids is 2. The van der Waals surface area contributed by atoms with E-state index < -0.39 is 0 Å². The molecule has 0 bridgehead atoms. The van der Waals surface area contributed by atoms with Crippen molar-refractivity contribution in [1.82, 2.24) is 10.8 Å². The van der Waals surface area contributed by atoms with Gasteiger partial charge in [-0.1, -0.05) is 28.8 Å². The van der Waals surface area contributed by atoms with Crippen LogP contribution in [0.25, 0.3) is 0 Å². The van der Waals surface area contributed by atoms with Crippen LogP contribution in [-0.2, 0) is 9.63 Å². The standard InChI is InChI=1S/C14H17BrN2O3/c15-11-7-5-10(6-8-11)14(19)16-9-13(18)17-20-12-3-1-2-4-12/h5-8,12H,1-4,9H2,(H,16,19)(H,17,18). The smallest absolute Gasteiger partial charge is 0.262 e. The average molecular weight is 341 g/mol. The summed E-state index contributed by atoms with van der Waals surface area (Å²) in [5.74, 6) is -0.629. The van der Waals surface area contributed by atoms with Gasteiger partial charge in [-0.25, -0.2) is 5.48 Å². The molecule has 1 aromatic carbocycles. The Balaban J connectivity index is 1.69. The number of hydrogen-bond acceptors (Lipinski definition) is 3. The van der Waals surface area contributed by atoms with Gasteiger partial charge in [0, 0.05) is 10.0 Å². The summed E-state index contributed by atoms with van der Waals surface area (Å²) >= 11 is 3.30. The van der Waals surface area contributed by atoms with Crippen molar-refractivity contribution in [3.63, 3.8) is 0 Å². The molecular formula is C14H17BrN2O3. The molecule has 1 saturated carbocycles. The van der Waals surface area contributed by atoms with Gasteiger partial charge in [-0.3, -0.25) is 14.4 Å². The fourth-order valence-corrected chi connectivity index (χ4v) is 2.32. The highest BCUT2D eigenvalue weighted by Gasteiger charge is 2.17. The van der Waals surface area contributed by atoms with E-state index in [2.05, 4.69) is 26.7 Å². The summed E-state index contributed by atoms with van der Waals surface area (Å²) in [7, 11) is 0. The molecule has 0 aromatic heterocycles. The molecule has 0 radical (unpaired) electrons. The lowest BCUT2D eigenvalue weighted by molar-refractivity contribution is -0.137. The van der Waals surface area contributed by atoms with E-state index in [1.165, 1.54) is 0 Å². The van der Waals surface area contributed by atoms with Crippen molar-refractivity contribution in [2.45, 2.75) is 31.8 Å². The van der Waals surface area contributed by atoms with Crippen LogP contribution in [-0.4, -0.2) is 24.5 Å². The van der Waals surface area contributed by atoms with Gasteiger partial charge in [0.1, 0.15) is 0 Å². The molecule has 108 valence electrons. The first kappa shape index (κ1) is 15.0. The van der Waals surface area contributed by atoms with Crippen LogP contribution >= 0.6 is 15.9 Å². The molecule has 1 aliphatic rings. The summed E-state index contributed by atoms with van der Waals surface area (Å²) in [5, 5.41) is 2.55. The zero-order valence-corrected chi connectivity index (χ0v) is 12.6. The number of nitrogens with one attached hydrogen (secondary N) is 2. The molecule has 6 heteroatoms. The molecule has 0 aliphatic heterocycles. The lowest BCUT2D eigenvalue weighted by atomic mass is 10.2. The second-order valence-corrected chi connectivity index (χ2v) is 5.65. The third-order valence-electron chi connectivity index (χ3n) is 3.16. The van der Waals surface area contributed by atoms with Gasteiger partial charge in [-0.05, 0) is 37.1 Å². The Morgan fingerprint density at radius 1 is 1.20 bits per heavy atom. The molecule has 0 unspecified atom stereocenters. The van der Waals surface area contributed by atoms with Crippen molar-refractivity contribution in [2.75, 3.05) is 6.54 Å². The van der Waals surface area contributed by atoms with Crippen molar-refractivity contribution >= 4 is 27.7 Å². The molecule has 2 rings (SSSR count). The van der Waals surface area contributed by atoms with Crippen LogP contribution < -0.4 is 10.8 Å². The van der Waals surface area contributed by atoms with Gasteiger partial charge in [-0.2, -0.15) is 0 Å². The molecule has 20 heavy (non-hydrogen) atoms. The van der Waals surface area contributed by atoms with Crippen LogP contribution in [0, 0.1) is 0 Å². The van der Waals surface area contributed by atoms with Crippen LogP contribution in [0.5, 0.6) is 0 Å². The lowest BCUT2D eigenvalue weighted by Crippen LogP contribution is -2.38. The number of halogens is 1. The monoisotopic (exact) mass is 340 g/mol. The van der Waals surface area contributed by atoms with E-state index in [-0.39, 0.29) is 24.5 Å². The number of hydroxylamine groups is 1. The summed E-state index contributed by atoms with van der Waals surface area (Å²) in [6.07, 6.45) is 4.35. The highest BCUT2D eigenvalue weighted by Crippen LogP contribution is 2.19. The first-order chi connectivity index (χ1) is 9.65. The highest BCUT2D eigenvalue weighted by atomic mass is 79.9.